The van der Waals surface area contributed by atoms with Crippen LogP contribution in [-0.2, 0) is 19.1 Å². The fourth-order valence-corrected chi connectivity index (χ4v) is 4.82. The second-order valence-corrected chi connectivity index (χ2v) is 11.7. The molecule has 1 fully saturated rings. The topological polar surface area (TPSA) is 96.0 Å². The molecule has 0 bridgehead atoms. The van der Waals surface area contributed by atoms with E-state index < -0.39 is 0 Å². The Morgan fingerprint density at radius 2 is 1.51 bits per heavy atom. The van der Waals surface area contributed by atoms with Crippen LogP contribution < -0.4 is 5.32 Å². The predicted octanol–water partition coefficient (Wildman–Crippen LogP) is 6.22. The molecule has 2 amide bonds. The third-order valence-electron chi connectivity index (χ3n) is 7.83. The summed E-state index contributed by atoms with van der Waals surface area (Å²) in [6, 6.07) is 17.6. The number of carbonyl (C=O) groups is 4. The molecule has 1 heterocycles. The highest BCUT2D eigenvalue weighted by atomic mass is 16.5. The standard InChI is InChI=1S/C14H24N2O4.C14H12O.C9H19N/c1-6-20-14(19)11(4)7-12(10(2)3)16(5)13(18)8-15-9-17;1-11-7-9-13(10-8-11)14(15)12-5-3-2-4-6-12;1-3-9(2)10-7-5-4-6-8-10/h7,9-10,12H,6,8H2,1-5H3,(H,15,17);2-10H,1H3;9H,3-8H2,1-2H3/b11-7+;;/t12-;;/m1../s1. The van der Waals surface area contributed by atoms with Crippen LogP contribution in [0.4, 0.5) is 0 Å². The summed E-state index contributed by atoms with van der Waals surface area (Å²) in [7, 11) is 1.65. The number of hydrogen-bond acceptors (Lipinski definition) is 6. The van der Waals surface area contributed by atoms with Gasteiger partial charge in [0.2, 0.25) is 12.3 Å². The van der Waals surface area contributed by atoms with E-state index in [1.165, 1.54) is 49.2 Å². The second-order valence-electron chi connectivity index (χ2n) is 11.7. The van der Waals surface area contributed by atoms with E-state index in [4.69, 9.17) is 4.74 Å². The maximum atomic E-state index is 12.0. The first-order valence-corrected chi connectivity index (χ1v) is 16.1. The lowest BCUT2D eigenvalue weighted by Gasteiger charge is -2.31. The van der Waals surface area contributed by atoms with E-state index in [2.05, 4.69) is 24.1 Å². The van der Waals surface area contributed by atoms with E-state index in [-0.39, 0.29) is 36.2 Å². The molecule has 0 aromatic heterocycles. The van der Waals surface area contributed by atoms with Crippen molar-refractivity contribution in [3.05, 3.63) is 82.9 Å². The van der Waals surface area contributed by atoms with Crippen molar-refractivity contribution in [1.29, 1.82) is 0 Å². The molecular weight excluding hydrogens is 566 g/mol. The van der Waals surface area contributed by atoms with Gasteiger partial charge in [0.1, 0.15) is 0 Å². The highest BCUT2D eigenvalue weighted by Gasteiger charge is 2.22. The number of amides is 2. The highest BCUT2D eigenvalue weighted by molar-refractivity contribution is 6.08. The summed E-state index contributed by atoms with van der Waals surface area (Å²) < 4.78 is 4.92. The minimum absolute atomic E-state index is 0.0600. The van der Waals surface area contributed by atoms with Crippen LogP contribution in [0.15, 0.2) is 66.2 Å². The van der Waals surface area contributed by atoms with Gasteiger partial charge in [-0.2, -0.15) is 0 Å². The molecular formula is C37H55N3O5. The molecule has 0 radical (unpaired) electrons. The van der Waals surface area contributed by atoms with E-state index in [1.807, 2.05) is 75.4 Å². The summed E-state index contributed by atoms with van der Waals surface area (Å²) in [4.78, 5) is 49.8. The van der Waals surface area contributed by atoms with Crippen molar-refractivity contribution in [2.45, 2.75) is 86.2 Å². The number of piperidine rings is 1. The Kier molecular flexibility index (Phi) is 19.0. The number of aryl methyl sites for hydroxylation is 1. The van der Waals surface area contributed by atoms with E-state index in [0.717, 1.165) is 17.2 Å². The molecule has 3 rings (SSSR count). The molecule has 2 aromatic carbocycles. The average molecular weight is 622 g/mol. The Hall–Kier alpha value is -3.78. The molecule has 8 heteroatoms. The predicted molar refractivity (Wildman–Crippen MR) is 182 cm³/mol. The number of nitrogens with zero attached hydrogens (tertiary/aromatic N) is 2. The molecule has 1 N–H and O–H groups in total. The zero-order valence-corrected chi connectivity index (χ0v) is 28.7. The van der Waals surface area contributed by atoms with Gasteiger partial charge in [-0.05, 0) is 66.0 Å². The molecule has 45 heavy (non-hydrogen) atoms. The molecule has 248 valence electrons. The summed E-state index contributed by atoms with van der Waals surface area (Å²) in [5.74, 6) is -0.395. The number of ether oxygens (including phenoxy) is 1. The van der Waals surface area contributed by atoms with Crippen molar-refractivity contribution in [2.75, 3.05) is 33.3 Å². The smallest absolute Gasteiger partial charge is 0.333 e. The minimum Gasteiger partial charge on any atom is -0.463 e. The van der Waals surface area contributed by atoms with Gasteiger partial charge >= 0.3 is 5.97 Å². The molecule has 2 atom stereocenters. The SMILES string of the molecule is CCC(C)N1CCCCC1.CCOC(=O)/C(C)=C/[C@H](C(C)C)N(C)C(=O)CNC=O.Cc1ccc(C(=O)c2ccccc2)cc1. The lowest BCUT2D eigenvalue weighted by molar-refractivity contribution is -0.138. The van der Waals surface area contributed by atoms with Gasteiger partial charge < -0.3 is 19.9 Å². The number of ketones is 1. The quantitative estimate of drug-likeness (QED) is 0.131. The Balaban J connectivity index is 0.000000355. The third kappa shape index (κ3) is 14.7. The van der Waals surface area contributed by atoms with Crippen LogP contribution in [-0.4, -0.2) is 79.2 Å². The maximum absolute atomic E-state index is 12.0. The van der Waals surface area contributed by atoms with Gasteiger partial charge in [0.25, 0.3) is 0 Å². The first-order chi connectivity index (χ1) is 21.5. The monoisotopic (exact) mass is 621 g/mol. The molecule has 1 saturated heterocycles. The van der Waals surface area contributed by atoms with Crippen molar-refractivity contribution in [3.63, 3.8) is 0 Å². The fraction of sp³-hybridized carbons (Fsp3) is 0.514. The van der Waals surface area contributed by atoms with Gasteiger partial charge in [-0.3, -0.25) is 14.4 Å². The van der Waals surface area contributed by atoms with E-state index in [1.54, 1.807) is 27.0 Å². The number of esters is 1. The maximum Gasteiger partial charge on any atom is 0.333 e. The fourth-order valence-electron chi connectivity index (χ4n) is 4.82. The summed E-state index contributed by atoms with van der Waals surface area (Å²) in [5.41, 5.74) is 3.11. The van der Waals surface area contributed by atoms with Crippen LogP contribution in [0.25, 0.3) is 0 Å². The van der Waals surface area contributed by atoms with Crippen LogP contribution in [0.2, 0.25) is 0 Å². The number of likely N-dealkylation sites (tertiary alicyclic amines) is 1. The Morgan fingerprint density at radius 3 is 2.02 bits per heavy atom. The summed E-state index contributed by atoms with van der Waals surface area (Å²) in [6.07, 6.45) is 7.80. The molecule has 0 saturated carbocycles. The normalized spacial score (nSPS) is 14.5. The van der Waals surface area contributed by atoms with Crippen LogP contribution in [0.3, 0.4) is 0 Å². The average Bonchev–Trinajstić information content (AvgIpc) is 3.06. The lowest BCUT2D eigenvalue weighted by atomic mass is 10.00. The zero-order valence-electron chi connectivity index (χ0n) is 28.7. The molecule has 0 spiro atoms. The Morgan fingerprint density at radius 1 is 0.933 bits per heavy atom. The number of hydrogen-bond donors (Lipinski definition) is 1. The zero-order chi connectivity index (χ0) is 33.8. The van der Waals surface area contributed by atoms with Crippen molar-refractivity contribution >= 4 is 24.1 Å². The summed E-state index contributed by atoms with van der Waals surface area (Å²) in [6.45, 7) is 16.9. The summed E-state index contributed by atoms with van der Waals surface area (Å²) in [5, 5.41) is 2.34. The number of rotatable bonds is 12. The first-order valence-electron chi connectivity index (χ1n) is 16.1. The minimum atomic E-state index is -0.384. The number of carbonyl (C=O) groups excluding carboxylic acids is 4. The molecule has 1 unspecified atom stereocenters. The van der Waals surface area contributed by atoms with E-state index in [0.29, 0.717) is 18.6 Å². The largest absolute Gasteiger partial charge is 0.463 e. The second kappa shape index (κ2) is 21.8. The van der Waals surface area contributed by atoms with Gasteiger partial charge in [-0.15, -0.1) is 0 Å². The lowest BCUT2D eigenvalue weighted by Crippen LogP contribution is -2.43. The molecule has 8 nitrogen and oxygen atoms in total. The summed E-state index contributed by atoms with van der Waals surface area (Å²) >= 11 is 0. The van der Waals surface area contributed by atoms with Crippen LogP contribution in [0.1, 0.15) is 88.7 Å². The number of benzene rings is 2. The van der Waals surface area contributed by atoms with Crippen molar-refractivity contribution in [3.8, 4) is 0 Å². The molecule has 1 aliphatic rings. The third-order valence-corrected chi connectivity index (χ3v) is 7.83. The van der Waals surface area contributed by atoms with Gasteiger partial charge in [0, 0.05) is 29.8 Å². The highest BCUT2D eigenvalue weighted by Crippen LogP contribution is 2.15. The van der Waals surface area contributed by atoms with Gasteiger partial charge in [0.15, 0.2) is 5.78 Å². The van der Waals surface area contributed by atoms with Gasteiger partial charge in [0.05, 0.1) is 19.2 Å². The van der Waals surface area contributed by atoms with Crippen LogP contribution >= 0.6 is 0 Å². The van der Waals surface area contributed by atoms with E-state index in [9.17, 15) is 19.2 Å². The van der Waals surface area contributed by atoms with Crippen LogP contribution in [0.5, 0.6) is 0 Å². The molecule has 1 aliphatic heterocycles. The van der Waals surface area contributed by atoms with Crippen molar-refractivity contribution < 1.29 is 23.9 Å². The Bertz CT molecular complexity index is 1190. The number of nitrogens with one attached hydrogen (secondary N) is 1. The van der Waals surface area contributed by atoms with Gasteiger partial charge in [-0.25, -0.2) is 4.79 Å². The number of likely N-dealkylation sites (N-methyl/N-ethyl adjacent to an activating group) is 1. The Labute approximate surface area is 271 Å². The molecule has 2 aromatic rings. The van der Waals surface area contributed by atoms with Gasteiger partial charge in [-0.1, -0.05) is 93.4 Å². The van der Waals surface area contributed by atoms with E-state index >= 15 is 0 Å². The van der Waals surface area contributed by atoms with Crippen LogP contribution in [0, 0.1) is 12.8 Å². The van der Waals surface area contributed by atoms with Crippen molar-refractivity contribution in [1.82, 2.24) is 15.1 Å². The molecule has 0 aliphatic carbocycles. The first kappa shape index (κ1) is 39.2. The van der Waals surface area contributed by atoms with Crippen molar-refractivity contribution in [2.24, 2.45) is 5.92 Å².